The standard InChI is InChI=1S/C8H6F4N2O/c9-4-6(14-1-3(15)2-14)5(10)8(12)13-7(4)11/h3,15H,1-2H2. The molecular formula is C8H6F4N2O. The van der Waals surface area contributed by atoms with Gasteiger partial charge in [0.2, 0.25) is 11.6 Å². The quantitative estimate of drug-likeness (QED) is 0.564. The van der Waals surface area contributed by atoms with Crippen LogP contribution >= 0.6 is 0 Å². The fraction of sp³-hybridized carbons (Fsp3) is 0.375. The van der Waals surface area contributed by atoms with Crippen LogP contribution in [0.2, 0.25) is 0 Å². The summed E-state index contributed by atoms with van der Waals surface area (Å²) in [5, 5.41) is 8.91. The van der Waals surface area contributed by atoms with Gasteiger partial charge in [-0.05, 0) is 0 Å². The zero-order valence-corrected chi connectivity index (χ0v) is 7.35. The zero-order valence-electron chi connectivity index (χ0n) is 7.35. The number of halogens is 4. The third kappa shape index (κ3) is 1.52. The third-order valence-corrected chi connectivity index (χ3v) is 2.15. The van der Waals surface area contributed by atoms with Gasteiger partial charge in [0, 0.05) is 13.1 Å². The van der Waals surface area contributed by atoms with E-state index < -0.39 is 35.3 Å². The van der Waals surface area contributed by atoms with Crippen LogP contribution in [0.25, 0.3) is 0 Å². The van der Waals surface area contributed by atoms with Crippen LogP contribution in [0.5, 0.6) is 0 Å². The Bertz CT molecular complexity index is 380. The molecule has 2 heterocycles. The van der Waals surface area contributed by atoms with Crippen LogP contribution in [-0.2, 0) is 0 Å². The first kappa shape index (κ1) is 10.2. The van der Waals surface area contributed by atoms with Crippen LogP contribution in [-0.4, -0.2) is 29.3 Å². The van der Waals surface area contributed by atoms with Gasteiger partial charge in [-0.15, -0.1) is 0 Å². The first-order valence-corrected chi connectivity index (χ1v) is 4.13. The molecule has 7 heteroatoms. The van der Waals surface area contributed by atoms with Crippen LogP contribution in [0.1, 0.15) is 0 Å². The Morgan fingerprint density at radius 2 is 1.53 bits per heavy atom. The van der Waals surface area contributed by atoms with Crippen LogP contribution in [0, 0.1) is 23.5 Å². The van der Waals surface area contributed by atoms with Crippen molar-refractivity contribution in [3.63, 3.8) is 0 Å². The first-order valence-electron chi connectivity index (χ1n) is 4.13. The molecule has 0 unspecified atom stereocenters. The maximum absolute atomic E-state index is 13.1. The van der Waals surface area contributed by atoms with Crippen LogP contribution < -0.4 is 4.90 Å². The average Bonchev–Trinajstić information content (AvgIpc) is 2.12. The molecule has 0 spiro atoms. The zero-order chi connectivity index (χ0) is 11.2. The molecule has 2 rings (SSSR count). The molecule has 0 aliphatic carbocycles. The summed E-state index contributed by atoms with van der Waals surface area (Å²) in [6.07, 6.45) is -0.733. The second-order valence-corrected chi connectivity index (χ2v) is 3.23. The third-order valence-electron chi connectivity index (χ3n) is 2.15. The Morgan fingerprint density at radius 1 is 1.07 bits per heavy atom. The predicted molar refractivity (Wildman–Crippen MR) is 42.3 cm³/mol. The van der Waals surface area contributed by atoms with E-state index in [4.69, 9.17) is 5.11 Å². The van der Waals surface area contributed by atoms with Gasteiger partial charge in [0.1, 0.15) is 5.69 Å². The van der Waals surface area contributed by atoms with Gasteiger partial charge < -0.3 is 10.0 Å². The van der Waals surface area contributed by atoms with E-state index in [9.17, 15) is 17.6 Å². The van der Waals surface area contributed by atoms with Crippen molar-refractivity contribution >= 4 is 5.69 Å². The molecule has 1 aromatic heterocycles. The normalized spacial score (nSPS) is 16.7. The molecule has 3 nitrogen and oxygen atoms in total. The molecule has 1 fully saturated rings. The van der Waals surface area contributed by atoms with Crippen molar-refractivity contribution in [2.45, 2.75) is 6.10 Å². The van der Waals surface area contributed by atoms with Gasteiger partial charge >= 0.3 is 0 Å². The summed E-state index contributed by atoms with van der Waals surface area (Å²) in [6, 6.07) is 0. The Balaban J connectivity index is 2.45. The fourth-order valence-electron chi connectivity index (χ4n) is 1.39. The Morgan fingerprint density at radius 3 is 1.93 bits per heavy atom. The number of aromatic nitrogens is 1. The number of β-amino-alcohol motifs (C(OH)–C–C–N with tert-alkyl or cyclic N) is 1. The lowest BCUT2D eigenvalue weighted by Gasteiger charge is -2.37. The molecule has 1 aliphatic heterocycles. The molecule has 0 atom stereocenters. The molecule has 82 valence electrons. The predicted octanol–water partition coefficient (Wildman–Crippen LogP) is 0.819. The summed E-state index contributed by atoms with van der Waals surface area (Å²) in [5.41, 5.74) is -0.815. The summed E-state index contributed by atoms with van der Waals surface area (Å²) in [5.74, 6) is -6.46. The topological polar surface area (TPSA) is 36.4 Å². The van der Waals surface area contributed by atoms with E-state index in [1.54, 1.807) is 0 Å². The number of aliphatic hydroxyl groups is 1. The Labute approximate surface area is 82.0 Å². The largest absolute Gasteiger partial charge is 0.389 e. The minimum atomic E-state index is -1.69. The lowest BCUT2D eigenvalue weighted by Crippen LogP contribution is -2.51. The first-order chi connectivity index (χ1) is 7.00. The van der Waals surface area contributed by atoms with E-state index in [0.717, 1.165) is 4.90 Å². The Kier molecular flexibility index (Phi) is 2.26. The van der Waals surface area contributed by atoms with Crippen LogP contribution in [0.15, 0.2) is 0 Å². The molecule has 0 amide bonds. The molecule has 15 heavy (non-hydrogen) atoms. The number of rotatable bonds is 1. The lowest BCUT2D eigenvalue weighted by atomic mass is 10.1. The number of hydrogen-bond donors (Lipinski definition) is 1. The fourth-order valence-corrected chi connectivity index (χ4v) is 1.39. The number of nitrogens with zero attached hydrogens (tertiary/aromatic N) is 2. The molecule has 0 radical (unpaired) electrons. The van der Waals surface area contributed by atoms with Crippen molar-refractivity contribution in [3.8, 4) is 0 Å². The van der Waals surface area contributed by atoms with Crippen molar-refractivity contribution in [3.05, 3.63) is 23.5 Å². The minimum absolute atomic E-state index is 0.0588. The van der Waals surface area contributed by atoms with Crippen molar-refractivity contribution in [1.82, 2.24) is 4.98 Å². The summed E-state index contributed by atoms with van der Waals surface area (Å²) in [4.78, 5) is 3.42. The molecule has 0 bridgehead atoms. The average molecular weight is 222 g/mol. The van der Waals surface area contributed by atoms with Crippen LogP contribution in [0.4, 0.5) is 23.2 Å². The number of pyridine rings is 1. The monoisotopic (exact) mass is 222 g/mol. The molecule has 0 aromatic carbocycles. The van der Waals surface area contributed by atoms with Gasteiger partial charge in [-0.1, -0.05) is 0 Å². The van der Waals surface area contributed by atoms with Crippen molar-refractivity contribution < 1.29 is 22.7 Å². The van der Waals surface area contributed by atoms with Gasteiger partial charge in [0.25, 0.3) is 11.9 Å². The summed E-state index contributed by atoms with van der Waals surface area (Å²) in [6.45, 7) is -0.118. The van der Waals surface area contributed by atoms with Gasteiger partial charge in [-0.2, -0.15) is 22.5 Å². The van der Waals surface area contributed by atoms with Crippen molar-refractivity contribution in [1.29, 1.82) is 0 Å². The Hall–Kier alpha value is -1.37. The SMILES string of the molecule is OC1CN(c2c(F)c(F)nc(F)c2F)C1. The molecule has 1 saturated heterocycles. The summed E-state index contributed by atoms with van der Waals surface area (Å²) < 4.78 is 51.5. The highest BCUT2D eigenvalue weighted by molar-refractivity contribution is 5.51. The van der Waals surface area contributed by atoms with E-state index in [1.165, 1.54) is 0 Å². The highest BCUT2D eigenvalue weighted by atomic mass is 19.2. The van der Waals surface area contributed by atoms with Gasteiger partial charge in [0.15, 0.2) is 0 Å². The summed E-state index contributed by atoms with van der Waals surface area (Å²) >= 11 is 0. The van der Waals surface area contributed by atoms with Gasteiger partial charge in [-0.25, -0.2) is 0 Å². The second-order valence-electron chi connectivity index (χ2n) is 3.23. The second kappa shape index (κ2) is 3.34. The maximum atomic E-state index is 13.1. The molecule has 1 N–H and O–H groups in total. The minimum Gasteiger partial charge on any atom is -0.389 e. The number of hydrogen-bond acceptors (Lipinski definition) is 3. The highest BCUT2D eigenvalue weighted by Gasteiger charge is 2.32. The van der Waals surface area contributed by atoms with Crippen LogP contribution in [0.3, 0.4) is 0 Å². The van der Waals surface area contributed by atoms with E-state index >= 15 is 0 Å². The van der Waals surface area contributed by atoms with Gasteiger partial charge in [-0.3, -0.25) is 0 Å². The molecule has 1 aliphatic rings. The van der Waals surface area contributed by atoms with Crippen molar-refractivity contribution in [2.24, 2.45) is 0 Å². The number of anilines is 1. The molecular weight excluding hydrogens is 216 g/mol. The maximum Gasteiger partial charge on any atom is 0.253 e. The lowest BCUT2D eigenvalue weighted by molar-refractivity contribution is 0.140. The smallest absolute Gasteiger partial charge is 0.253 e. The summed E-state index contributed by atoms with van der Waals surface area (Å²) in [7, 11) is 0. The highest BCUT2D eigenvalue weighted by Crippen LogP contribution is 2.29. The molecule has 0 saturated carbocycles. The van der Waals surface area contributed by atoms with Crippen molar-refractivity contribution in [2.75, 3.05) is 18.0 Å². The van der Waals surface area contributed by atoms with E-state index in [0.29, 0.717) is 0 Å². The van der Waals surface area contributed by atoms with E-state index in [-0.39, 0.29) is 13.1 Å². The number of aliphatic hydroxyl groups excluding tert-OH is 1. The van der Waals surface area contributed by atoms with E-state index in [1.807, 2.05) is 0 Å². The van der Waals surface area contributed by atoms with Gasteiger partial charge in [0.05, 0.1) is 6.10 Å². The van der Waals surface area contributed by atoms with E-state index in [2.05, 4.69) is 4.98 Å². The molecule has 1 aromatic rings.